The maximum Gasteiger partial charge on any atom is 0.499 e. The smallest absolute Gasteiger partial charge is 0.426 e. The Morgan fingerprint density at radius 2 is 1.95 bits per heavy atom. The number of ether oxygens (including phenoxy) is 1. The summed E-state index contributed by atoms with van der Waals surface area (Å²) in [6.07, 6.45) is -10.2. The normalized spacial score (nSPS) is 12.5. The van der Waals surface area contributed by atoms with Crippen molar-refractivity contribution in [3.8, 4) is 5.75 Å². The van der Waals surface area contributed by atoms with Crippen LogP contribution in [0.25, 0.3) is 0 Å². The highest BCUT2D eigenvalue weighted by Gasteiger charge is 2.61. The van der Waals surface area contributed by atoms with E-state index in [1.807, 2.05) is 0 Å². The summed E-state index contributed by atoms with van der Waals surface area (Å²) in [5.74, 6) is -0.730. The van der Waals surface area contributed by atoms with E-state index in [9.17, 15) is 26.7 Å². The minimum Gasteiger partial charge on any atom is -0.426 e. The molecule has 0 N–H and O–H groups in total. The van der Waals surface area contributed by atoms with Gasteiger partial charge in [0.2, 0.25) is 0 Å². The molecular formula is C11H8ClF5N2O2. The van der Waals surface area contributed by atoms with Crippen molar-refractivity contribution in [3.63, 3.8) is 0 Å². The van der Waals surface area contributed by atoms with Crippen LogP contribution in [0.2, 0.25) is 0 Å². The molecule has 1 amide bonds. The van der Waals surface area contributed by atoms with Crippen LogP contribution in [0, 0.1) is 0 Å². The number of rotatable bonds is 4. The molecular weight excluding hydrogens is 323 g/mol. The molecule has 0 radical (unpaired) electrons. The quantitative estimate of drug-likeness (QED) is 0.273. The first-order chi connectivity index (χ1) is 9.53. The Kier molecular flexibility index (Phi) is 5.10. The molecule has 1 rings (SSSR count). The monoisotopic (exact) mass is 330 g/mol. The van der Waals surface area contributed by atoms with Gasteiger partial charge in [0.15, 0.2) is 0 Å². The fraction of sp³-hybridized carbons (Fsp3) is 0.273. The summed E-state index contributed by atoms with van der Waals surface area (Å²) in [5, 5.41) is -0.852. The molecule has 0 unspecified atom stereocenters. The lowest BCUT2D eigenvalue weighted by atomic mass is 10.3. The highest BCUT2D eigenvalue weighted by Crippen LogP contribution is 2.37. The molecule has 0 aliphatic carbocycles. The second kappa shape index (κ2) is 6.25. The molecule has 4 nitrogen and oxygen atoms in total. The number of hydrogen-bond donors (Lipinski definition) is 0. The number of hydrogen-bond acceptors (Lipinski definition) is 3. The van der Waals surface area contributed by atoms with Gasteiger partial charge in [-0.2, -0.15) is 22.0 Å². The molecule has 0 saturated carbocycles. The molecule has 1 aromatic rings. The standard InChI is InChI=1S/C11H8ClF5N2O2/c1-19(9(12)20)6-18-7-3-2-4-8(5-7)21-11(16,17)10(13,14)15/h2-6H,1H3. The van der Waals surface area contributed by atoms with Gasteiger partial charge < -0.3 is 4.74 Å². The van der Waals surface area contributed by atoms with Crippen molar-refractivity contribution in [2.75, 3.05) is 7.05 Å². The SMILES string of the molecule is CN(C=Nc1cccc(OC(F)(F)C(F)(F)F)c1)C(=O)Cl. The van der Waals surface area contributed by atoms with Crippen LogP contribution >= 0.6 is 11.6 Å². The number of benzene rings is 1. The molecule has 0 aliphatic rings. The summed E-state index contributed by atoms with van der Waals surface area (Å²) in [6, 6.07) is 4.23. The maximum atomic E-state index is 12.7. The average Bonchev–Trinajstić information content (AvgIpc) is 2.34. The van der Waals surface area contributed by atoms with Gasteiger partial charge in [0.25, 0.3) is 0 Å². The van der Waals surface area contributed by atoms with E-state index in [4.69, 9.17) is 11.6 Å². The summed E-state index contributed by atoms with van der Waals surface area (Å²) < 4.78 is 65.0. The van der Waals surface area contributed by atoms with E-state index in [0.717, 1.165) is 29.4 Å². The molecule has 0 heterocycles. The Hall–Kier alpha value is -1.90. The van der Waals surface area contributed by atoms with E-state index in [1.54, 1.807) is 0 Å². The summed E-state index contributed by atoms with van der Waals surface area (Å²) in [5.41, 5.74) is -0.00441. The number of carbonyl (C=O) groups excluding carboxylic acids is 1. The largest absolute Gasteiger partial charge is 0.499 e. The third kappa shape index (κ3) is 4.85. The van der Waals surface area contributed by atoms with Crippen LogP contribution in [0.5, 0.6) is 5.75 Å². The number of carbonyl (C=O) groups is 1. The second-order valence-electron chi connectivity index (χ2n) is 3.72. The summed E-state index contributed by atoms with van der Waals surface area (Å²) >= 11 is 5.11. The van der Waals surface area contributed by atoms with Gasteiger partial charge >= 0.3 is 17.7 Å². The van der Waals surface area contributed by atoms with Crippen molar-refractivity contribution in [2.45, 2.75) is 12.3 Å². The summed E-state index contributed by atoms with van der Waals surface area (Å²) in [7, 11) is 1.27. The van der Waals surface area contributed by atoms with E-state index in [1.165, 1.54) is 13.1 Å². The van der Waals surface area contributed by atoms with Crippen molar-refractivity contribution in [2.24, 2.45) is 4.99 Å². The minimum atomic E-state index is -5.84. The van der Waals surface area contributed by atoms with Gasteiger partial charge in [0, 0.05) is 13.1 Å². The third-order valence-corrected chi connectivity index (χ3v) is 2.32. The molecule has 0 fully saturated rings. The van der Waals surface area contributed by atoms with Gasteiger partial charge in [-0.1, -0.05) is 6.07 Å². The van der Waals surface area contributed by atoms with Crippen LogP contribution in [-0.4, -0.2) is 35.9 Å². The molecule has 0 spiro atoms. The average molecular weight is 331 g/mol. The highest BCUT2D eigenvalue weighted by atomic mass is 35.5. The zero-order valence-corrected chi connectivity index (χ0v) is 11.1. The first-order valence-corrected chi connectivity index (χ1v) is 5.61. The molecule has 0 aromatic heterocycles. The van der Waals surface area contributed by atoms with Gasteiger partial charge in [-0.05, 0) is 23.7 Å². The Labute approximate surface area is 120 Å². The van der Waals surface area contributed by atoms with Gasteiger partial charge in [0.1, 0.15) is 5.75 Å². The van der Waals surface area contributed by atoms with Crippen LogP contribution in [0.4, 0.5) is 32.4 Å². The molecule has 116 valence electrons. The van der Waals surface area contributed by atoms with Crippen molar-refractivity contribution < 1.29 is 31.5 Å². The lowest BCUT2D eigenvalue weighted by molar-refractivity contribution is -0.360. The molecule has 1 aromatic carbocycles. The number of nitrogens with zero attached hydrogens (tertiary/aromatic N) is 2. The Morgan fingerprint density at radius 1 is 1.33 bits per heavy atom. The van der Waals surface area contributed by atoms with Crippen LogP contribution in [0.15, 0.2) is 29.3 Å². The number of aliphatic imine (C=N–C) groups is 1. The second-order valence-corrected chi connectivity index (χ2v) is 4.05. The Balaban J connectivity index is 2.89. The first kappa shape index (κ1) is 17.2. The molecule has 0 aliphatic heterocycles. The topological polar surface area (TPSA) is 41.9 Å². The van der Waals surface area contributed by atoms with E-state index in [0.29, 0.717) is 0 Å². The van der Waals surface area contributed by atoms with Gasteiger partial charge in [-0.15, -0.1) is 0 Å². The predicted molar refractivity (Wildman–Crippen MR) is 65.2 cm³/mol. The zero-order chi connectivity index (χ0) is 16.3. The van der Waals surface area contributed by atoms with Crippen molar-refractivity contribution >= 4 is 29.0 Å². The van der Waals surface area contributed by atoms with Gasteiger partial charge in [-0.3, -0.25) is 9.69 Å². The predicted octanol–water partition coefficient (Wildman–Crippen LogP) is 4.17. The van der Waals surface area contributed by atoms with Crippen molar-refractivity contribution in [1.82, 2.24) is 4.90 Å². The van der Waals surface area contributed by atoms with Gasteiger partial charge in [-0.25, -0.2) is 4.99 Å². The summed E-state index contributed by atoms with van der Waals surface area (Å²) in [6.45, 7) is 0. The van der Waals surface area contributed by atoms with E-state index < -0.39 is 23.4 Å². The fourth-order valence-electron chi connectivity index (χ4n) is 1.03. The third-order valence-electron chi connectivity index (χ3n) is 2.05. The Bertz CT molecular complexity index is 548. The van der Waals surface area contributed by atoms with Crippen LogP contribution < -0.4 is 4.74 Å². The van der Waals surface area contributed by atoms with E-state index >= 15 is 0 Å². The van der Waals surface area contributed by atoms with Crippen molar-refractivity contribution in [3.05, 3.63) is 24.3 Å². The highest BCUT2D eigenvalue weighted by molar-refractivity contribution is 6.63. The number of alkyl halides is 5. The van der Waals surface area contributed by atoms with Crippen LogP contribution in [0.3, 0.4) is 0 Å². The molecule has 21 heavy (non-hydrogen) atoms. The molecule has 0 saturated heterocycles. The molecule has 10 heteroatoms. The van der Waals surface area contributed by atoms with E-state index in [2.05, 4.69) is 9.73 Å². The zero-order valence-electron chi connectivity index (χ0n) is 10.4. The lowest BCUT2D eigenvalue weighted by Crippen LogP contribution is -2.41. The van der Waals surface area contributed by atoms with E-state index in [-0.39, 0.29) is 5.69 Å². The first-order valence-electron chi connectivity index (χ1n) is 5.23. The molecule has 0 bridgehead atoms. The Morgan fingerprint density at radius 3 is 2.48 bits per heavy atom. The van der Waals surface area contributed by atoms with Crippen LogP contribution in [-0.2, 0) is 0 Å². The maximum absolute atomic E-state index is 12.7. The van der Waals surface area contributed by atoms with Crippen molar-refractivity contribution in [1.29, 1.82) is 0 Å². The number of amides is 1. The fourth-order valence-corrected chi connectivity index (χ4v) is 1.08. The lowest BCUT2D eigenvalue weighted by Gasteiger charge is -2.20. The molecule has 0 atom stereocenters. The van der Waals surface area contributed by atoms with Gasteiger partial charge in [0.05, 0.1) is 12.0 Å². The number of halogens is 6. The minimum absolute atomic E-state index is 0.00441. The van der Waals surface area contributed by atoms with Crippen LogP contribution in [0.1, 0.15) is 0 Å². The summed E-state index contributed by atoms with van der Waals surface area (Å²) in [4.78, 5) is 15.2.